The van der Waals surface area contributed by atoms with Crippen molar-refractivity contribution < 1.29 is 18.7 Å². The third kappa shape index (κ3) is 7.27. The number of nitrogens with two attached hydrogens (primary N) is 1. The molecule has 2 unspecified atom stereocenters. The highest BCUT2D eigenvalue weighted by Crippen LogP contribution is 2.37. The number of carbonyl (C=O) groups excluding carboxylic acids is 1. The van der Waals surface area contributed by atoms with Crippen LogP contribution >= 0.6 is 6.72 Å². The van der Waals surface area contributed by atoms with E-state index in [9.17, 15) is 9.69 Å². The van der Waals surface area contributed by atoms with Gasteiger partial charge >= 0.3 is 0 Å². The molecule has 6 nitrogen and oxygen atoms in total. The molecular formula is C8H18N2O4PS-. The summed E-state index contributed by atoms with van der Waals surface area (Å²) >= 11 is 4.55. The van der Waals surface area contributed by atoms with Crippen LogP contribution in [0.5, 0.6) is 0 Å². The topological polar surface area (TPSA) is 96.6 Å². The minimum Gasteiger partial charge on any atom is -0.780 e. The second-order valence-electron chi connectivity index (χ2n) is 3.14. The van der Waals surface area contributed by atoms with E-state index >= 15 is 0 Å². The molecule has 0 saturated heterocycles. The monoisotopic (exact) mass is 269 g/mol. The molecule has 1 amide bonds. The molecule has 0 radical (unpaired) electrons. The third-order valence-electron chi connectivity index (χ3n) is 1.89. The quantitative estimate of drug-likeness (QED) is 0.575. The largest absolute Gasteiger partial charge is 0.780 e. The lowest BCUT2D eigenvalue weighted by Gasteiger charge is -2.27. The normalized spacial score (nSPS) is 16.5. The number of hydrogen-bond acceptors (Lipinski definition) is 6. The highest BCUT2D eigenvalue weighted by atomic mass is 32.5. The van der Waals surface area contributed by atoms with E-state index in [1.165, 1.54) is 7.11 Å². The van der Waals surface area contributed by atoms with E-state index in [2.05, 4.69) is 21.6 Å². The lowest BCUT2D eigenvalue weighted by Crippen LogP contribution is -2.38. The van der Waals surface area contributed by atoms with Gasteiger partial charge in [-0.1, -0.05) is 18.7 Å². The predicted molar refractivity (Wildman–Crippen MR) is 63.1 cm³/mol. The second-order valence-corrected chi connectivity index (χ2v) is 6.00. The molecule has 0 saturated carbocycles. The van der Waals surface area contributed by atoms with Gasteiger partial charge in [0, 0.05) is 20.1 Å². The van der Waals surface area contributed by atoms with Crippen molar-refractivity contribution in [3.8, 4) is 0 Å². The summed E-state index contributed by atoms with van der Waals surface area (Å²) in [5.41, 5.74) is 5.24. The van der Waals surface area contributed by atoms with Gasteiger partial charge in [-0.2, -0.15) is 0 Å². The van der Waals surface area contributed by atoms with Crippen LogP contribution in [0.4, 0.5) is 0 Å². The highest BCUT2D eigenvalue weighted by Gasteiger charge is 2.12. The Morgan fingerprint density at radius 3 is 2.75 bits per heavy atom. The molecule has 0 aromatic heterocycles. The van der Waals surface area contributed by atoms with Crippen molar-refractivity contribution in [1.29, 1.82) is 0 Å². The molecule has 16 heavy (non-hydrogen) atoms. The second kappa shape index (κ2) is 8.11. The highest BCUT2D eigenvalue weighted by molar-refractivity contribution is 8.06. The minimum atomic E-state index is -3.39. The molecule has 0 fully saturated rings. The van der Waals surface area contributed by atoms with Crippen LogP contribution in [0.1, 0.15) is 19.8 Å². The molecule has 96 valence electrons. The summed E-state index contributed by atoms with van der Waals surface area (Å²) in [6, 6.07) is -0.231. The van der Waals surface area contributed by atoms with Gasteiger partial charge in [0.05, 0.1) is 12.6 Å². The lowest BCUT2D eigenvalue weighted by atomic mass is 10.2. The summed E-state index contributed by atoms with van der Waals surface area (Å²) in [6.45, 7) is -1.16. The number of hydrogen-bond donors (Lipinski definition) is 2. The molecule has 0 heterocycles. The van der Waals surface area contributed by atoms with Crippen molar-refractivity contribution in [3.63, 3.8) is 0 Å². The Morgan fingerprint density at radius 2 is 2.31 bits per heavy atom. The molecule has 0 rings (SSSR count). The van der Waals surface area contributed by atoms with E-state index in [4.69, 9.17) is 10.3 Å². The zero-order valence-electron chi connectivity index (χ0n) is 9.47. The molecule has 0 spiro atoms. The zero-order valence-corrected chi connectivity index (χ0v) is 11.2. The Hall–Kier alpha value is -0.0400. The van der Waals surface area contributed by atoms with Gasteiger partial charge in [0.2, 0.25) is 5.91 Å². The molecule has 0 aromatic rings. The smallest absolute Gasteiger partial charge is 0.221 e. The molecule has 0 aliphatic heterocycles. The summed E-state index contributed by atoms with van der Waals surface area (Å²) in [4.78, 5) is 22.5. The first-order valence-electron chi connectivity index (χ1n) is 4.96. The first-order valence-corrected chi connectivity index (χ1v) is 7.51. The fourth-order valence-electron chi connectivity index (χ4n) is 0.926. The molecule has 0 aliphatic carbocycles. The van der Waals surface area contributed by atoms with Crippen molar-refractivity contribution in [3.05, 3.63) is 0 Å². The first kappa shape index (κ1) is 16.0. The number of nitrogens with one attached hydrogen (secondary N) is 1. The Bertz CT molecular complexity index is 264. The van der Waals surface area contributed by atoms with E-state index < -0.39 is 6.72 Å². The Labute approximate surface area is 101 Å². The van der Waals surface area contributed by atoms with Gasteiger partial charge in [-0.3, -0.25) is 4.79 Å². The average molecular weight is 269 g/mol. The van der Waals surface area contributed by atoms with Gasteiger partial charge in [0.15, 0.2) is 0 Å². The van der Waals surface area contributed by atoms with Crippen LogP contribution in [0.15, 0.2) is 0 Å². The van der Waals surface area contributed by atoms with Gasteiger partial charge in [-0.25, -0.2) is 0 Å². The van der Waals surface area contributed by atoms with Gasteiger partial charge in [-0.05, 0) is 6.42 Å². The van der Waals surface area contributed by atoms with Crippen LogP contribution in [-0.4, -0.2) is 32.2 Å². The van der Waals surface area contributed by atoms with Gasteiger partial charge in [0.1, 0.15) is 6.72 Å². The molecular weight excluding hydrogens is 251 g/mol. The van der Waals surface area contributed by atoms with Crippen LogP contribution in [0.2, 0.25) is 0 Å². The fourth-order valence-corrected chi connectivity index (χ4v) is 1.58. The van der Waals surface area contributed by atoms with Crippen molar-refractivity contribution >= 4 is 24.4 Å². The Balaban J connectivity index is 4.01. The van der Waals surface area contributed by atoms with Crippen molar-refractivity contribution in [2.45, 2.75) is 25.8 Å². The van der Waals surface area contributed by atoms with E-state index in [-0.39, 0.29) is 25.0 Å². The van der Waals surface area contributed by atoms with Crippen LogP contribution in [0.25, 0.3) is 0 Å². The molecule has 3 N–H and O–H groups in total. The SMILES string of the molecule is CCC(COP([O-])(=S)OC)NC(=O)CCN. The van der Waals surface area contributed by atoms with Crippen molar-refractivity contribution in [2.75, 3.05) is 20.3 Å². The maximum atomic E-state index is 11.3. The van der Waals surface area contributed by atoms with E-state index in [0.29, 0.717) is 13.0 Å². The van der Waals surface area contributed by atoms with Crippen LogP contribution in [-0.2, 0) is 25.6 Å². The van der Waals surface area contributed by atoms with E-state index in [0.717, 1.165) is 0 Å². The van der Waals surface area contributed by atoms with Crippen LogP contribution < -0.4 is 15.9 Å². The standard InChI is InChI=1S/C8H19N2O4PS/c1-3-7(10-8(11)4-5-9)6-14-15(12,16)13-2/h7H,3-6,9H2,1-2H3,(H,10,11)(H,12,16)/p-1. The van der Waals surface area contributed by atoms with Gasteiger partial charge < -0.3 is 25.0 Å². The average Bonchev–Trinajstić information content (AvgIpc) is 2.24. The zero-order chi connectivity index (χ0) is 12.6. The van der Waals surface area contributed by atoms with Gasteiger partial charge in [0.25, 0.3) is 0 Å². The number of carbonyl (C=O) groups is 1. The Morgan fingerprint density at radius 1 is 1.69 bits per heavy atom. The fraction of sp³-hybridized carbons (Fsp3) is 0.875. The minimum absolute atomic E-state index is 0.0709. The molecule has 8 heteroatoms. The lowest BCUT2D eigenvalue weighted by molar-refractivity contribution is -0.204. The summed E-state index contributed by atoms with van der Waals surface area (Å²) in [7, 11) is 1.22. The third-order valence-corrected chi connectivity index (χ3v) is 3.56. The molecule has 2 atom stereocenters. The predicted octanol–water partition coefficient (Wildman–Crippen LogP) is -0.522. The van der Waals surface area contributed by atoms with E-state index in [1.54, 1.807) is 0 Å². The first-order chi connectivity index (χ1) is 7.45. The summed E-state index contributed by atoms with van der Waals surface area (Å²) in [5, 5.41) is 2.70. The summed E-state index contributed by atoms with van der Waals surface area (Å²) in [6.07, 6.45) is 0.904. The summed E-state index contributed by atoms with van der Waals surface area (Å²) in [5.74, 6) is -0.158. The number of rotatable bonds is 8. The van der Waals surface area contributed by atoms with Crippen LogP contribution in [0, 0.1) is 0 Å². The van der Waals surface area contributed by atoms with Gasteiger partial charge in [-0.15, -0.1) is 0 Å². The summed E-state index contributed by atoms with van der Waals surface area (Å²) < 4.78 is 9.41. The van der Waals surface area contributed by atoms with Crippen molar-refractivity contribution in [1.82, 2.24) is 5.32 Å². The molecule has 0 bridgehead atoms. The maximum absolute atomic E-state index is 11.3. The molecule has 0 aliphatic rings. The van der Waals surface area contributed by atoms with Crippen LogP contribution in [0.3, 0.4) is 0 Å². The maximum Gasteiger partial charge on any atom is 0.221 e. The number of amides is 1. The van der Waals surface area contributed by atoms with E-state index in [1.807, 2.05) is 6.92 Å². The Kier molecular flexibility index (Phi) is 8.09. The molecule has 0 aromatic carbocycles. The van der Waals surface area contributed by atoms with Crippen molar-refractivity contribution in [2.24, 2.45) is 5.73 Å².